The Labute approximate surface area is 107 Å². The summed E-state index contributed by atoms with van der Waals surface area (Å²) in [5, 5.41) is 9.28. The molecule has 0 amide bonds. The van der Waals surface area contributed by atoms with Gasteiger partial charge in [-0.25, -0.2) is 13.1 Å². The third kappa shape index (κ3) is 2.46. The Morgan fingerprint density at radius 3 is 2.50 bits per heavy atom. The van der Waals surface area contributed by atoms with Crippen LogP contribution in [0.2, 0.25) is 0 Å². The Bertz CT molecular complexity index is 543. The SMILES string of the molecule is Cc1oc(C)c(S(=O)(=O)NC(C)C2CC2)c1CO. The number of aryl methyl sites for hydroxylation is 2. The van der Waals surface area contributed by atoms with Gasteiger partial charge >= 0.3 is 0 Å². The van der Waals surface area contributed by atoms with Gasteiger partial charge in [-0.1, -0.05) is 0 Å². The molecule has 2 rings (SSSR count). The van der Waals surface area contributed by atoms with E-state index in [1.54, 1.807) is 13.8 Å². The summed E-state index contributed by atoms with van der Waals surface area (Å²) in [7, 11) is -3.62. The Balaban J connectivity index is 2.34. The summed E-state index contributed by atoms with van der Waals surface area (Å²) in [5.41, 5.74) is 0.350. The molecule has 1 aliphatic rings. The minimum atomic E-state index is -3.62. The van der Waals surface area contributed by atoms with Crippen LogP contribution in [0.1, 0.15) is 36.8 Å². The van der Waals surface area contributed by atoms with Crippen molar-refractivity contribution in [1.29, 1.82) is 0 Å². The molecule has 1 fully saturated rings. The summed E-state index contributed by atoms with van der Waals surface area (Å²) in [6.45, 7) is 4.79. The minimum Gasteiger partial charge on any atom is -0.465 e. The topological polar surface area (TPSA) is 79.5 Å². The van der Waals surface area contributed by atoms with Crippen molar-refractivity contribution < 1.29 is 17.9 Å². The molecule has 0 aromatic carbocycles. The van der Waals surface area contributed by atoms with Crippen molar-refractivity contribution >= 4 is 10.0 Å². The number of hydrogen-bond donors (Lipinski definition) is 2. The van der Waals surface area contributed by atoms with Gasteiger partial charge in [-0.15, -0.1) is 0 Å². The smallest absolute Gasteiger partial charge is 0.244 e. The van der Waals surface area contributed by atoms with Crippen LogP contribution in [-0.2, 0) is 16.6 Å². The standard InChI is InChI=1S/C12H19NO4S/c1-7(10-4-5-10)13-18(15,16)12-9(3)17-8(2)11(12)6-14/h7,10,13-14H,4-6H2,1-3H3. The van der Waals surface area contributed by atoms with Crippen LogP contribution in [0.3, 0.4) is 0 Å². The van der Waals surface area contributed by atoms with E-state index in [-0.39, 0.29) is 17.5 Å². The average molecular weight is 273 g/mol. The van der Waals surface area contributed by atoms with Crippen molar-refractivity contribution in [3.05, 3.63) is 17.1 Å². The number of furan rings is 1. The molecule has 18 heavy (non-hydrogen) atoms. The molecule has 0 spiro atoms. The zero-order valence-electron chi connectivity index (χ0n) is 10.9. The lowest BCUT2D eigenvalue weighted by atomic mass is 10.2. The highest BCUT2D eigenvalue weighted by Gasteiger charge is 2.33. The van der Waals surface area contributed by atoms with Crippen LogP contribution < -0.4 is 4.72 Å². The maximum atomic E-state index is 12.3. The van der Waals surface area contributed by atoms with Gasteiger partial charge < -0.3 is 9.52 Å². The molecule has 0 bridgehead atoms. The number of aliphatic hydroxyl groups is 1. The number of sulfonamides is 1. The van der Waals surface area contributed by atoms with Crippen LogP contribution in [0.15, 0.2) is 9.31 Å². The second-order valence-electron chi connectivity index (χ2n) is 4.93. The Morgan fingerprint density at radius 2 is 2.00 bits per heavy atom. The first-order valence-electron chi connectivity index (χ1n) is 6.09. The lowest BCUT2D eigenvalue weighted by Gasteiger charge is -2.13. The molecule has 1 heterocycles. The largest absolute Gasteiger partial charge is 0.465 e. The molecule has 0 radical (unpaired) electrons. The maximum absolute atomic E-state index is 12.3. The highest BCUT2D eigenvalue weighted by atomic mass is 32.2. The van der Waals surface area contributed by atoms with Crippen molar-refractivity contribution in [3.8, 4) is 0 Å². The highest BCUT2D eigenvalue weighted by Crippen LogP contribution is 2.34. The van der Waals surface area contributed by atoms with E-state index in [9.17, 15) is 13.5 Å². The second kappa shape index (κ2) is 4.68. The van der Waals surface area contributed by atoms with Gasteiger partial charge in [0, 0.05) is 11.6 Å². The van der Waals surface area contributed by atoms with E-state index in [2.05, 4.69) is 4.72 Å². The van der Waals surface area contributed by atoms with E-state index in [0.29, 0.717) is 23.0 Å². The van der Waals surface area contributed by atoms with Crippen LogP contribution in [0, 0.1) is 19.8 Å². The zero-order valence-corrected chi connectivity index (χ0v) is 11.7. The van der Waals surface area contributed by atoms with Gasteiger partial charge in [0.15, 0.2) is 0 Å². The molecule has 6 heteroatoms. The molecule has 0 saturated heterocycles. The fraction of sp³-hybridized carbons (Fsp3) is 0.667. The van der Waals surface area contributed by atoms with Crippen LogP contribution >= 0.6 is 0 Å². The molecule has 0 aliphatic heterocycles. The van der Waals surface area contributed by atoms with E-state index >= 15 is 0 Å². The van der Waals surface area contributed by atoms with Gasteiger partial charge in [-0.3, -0.25) is 0 Å². The number of rotatable bonds is 5. The molecular weight excluding hydrogens is 254 g/mol. The van der Waals surface area contributed by atoms with Crippen molar-refractivity contribution in [2.24, 2.45) is 5.92 Å². The van der Waals surface area contributed by atoms with E-state index in [4.69, 9.17) is 4.42 Å². The van der Waals surface area contributed by atoms with Gasteiger partial charge in [0.1, 0.15) is 16.4 Å². The fourth-order valence-electron chi connectivity index (χ4n) is 2.24. The van der Waals surface area contributed by atoms with Crippen LogP contribution in [0.4, 0.5) is 0 Å². The Hall–Kier alpha value is -0.850. The lowest BCUT2D eigenvalue weighted by Crippen LogP contribution is -2.34. The normalized spacial score (nSPS) is 18.0. The molecule has 1 aromatic rings. The summed E-state index contributed by atoms with van der Waals surface area (Å²) < 4.78 is 32.6. The molecular formula is C12H19NO4S. The lowest BCUT2D eigenvalue weighted by molar-refractivity contribution is 0.276. The number of nitrogens with one attached hydrogen (secondary N) is 1. The molecule has 1 aliphatic carbocycles. The van der Waals surface area contributed by atoms with Crippen LogP contribution in [0.5, 0.6) is 0 Å². The average Bonchev–Trinajstić information content (AvgIpc) is 3.03. The van der Waals surface area contributed by atoms with Gasteiger partial charge in [0.25, 0.3) is 0 Å². The maximum Gasteiger partial charge on any atom is 0.244 e. The zero-order chi connectivity index (χ0) is 13.5. The summed E-state index contributed by atoms with van der Waals surface area (Å²) in [6.07, 6.45) is 2.14. The van der Waals surface area contributed by atoms with E-state index < -0.39 is 10.0 Å². The predicted octanol–water partition coefficient (Wildman–Crippen LogP) is 1.47. The van der Waals surface area contributed by atoms with Gasteiger partial charge in [-0.05, 0) is 39.5 Å². The number of aliphatic hydroxyl groups excluding tert-OH is 1. The number of hydrogen-bond acceptors (Lipinski definition) is 4. The van der Waals surface area contributed by atoms with Crippen molar-refractivity contribution in [3.63, 3.8) is 0 Å². The third-order valence-electron chi connectivity index (χ3n) is 3.42. The van der Waals surface area contributed by atoms with E-state index in [0.717, 1.165) is 12.8 Å². The monoisotopic (exact) mass is 273 g/mol. The van der Waals surface area contributed by atoms with Crippen LogP contribution in [0.25, 0.3) is 0 Å². The van der Waals surface area contributed by atoms with E-state index in [1.807, 2.05) is 6.92 Å². The third-order valence-corrected chi connectivity index (χ3v) is 5.18. The first-order chi connectivity index (χ1) is 8.36. The summed E-state index contributed by atoms with van der Waals surface area (Å²) in [5.74, 6) is 1.21. The molecule has 1 unspecified atom stereocenters. The second-order valence-corrected chi connectivity index (χ2v) is 6.58. The van der Waals surface area contributed by atoms with Crippen molar-refractivity contribution in [1.82, 2.24) is 4.72 Å². The molecule has 1 atom stereocenters. The summed E-state index contributed by atoms with van der Waals surface area (Å²) in [6, 6.07) is -0.0730. The molecule has 5 nitrogen and oxygen atoms in total. The van der Waals surface area contributed by atoms with Gasteiger partial charge in [0.2, 0.25) is 10.0 Å². The Morgan fingerprint density at radius 1 is 1.39 bits per heavy atom. The summed E-state index contributed by atoms with van der Waals surface area (Å²) in [4.78, 5) is 0.0926. The summed E-state index contributed by atoms with van der Waals surface area (Å²) >= 11 is 0. The van der Waals surface area contributed by atoms with Gasteiger partial charge in [-0.2, -0.15) is 0 Å². The first-order valence-corrected chi connectivity index (χ1v) is 7.57. The molecule has 1 saturated carbocycles. The predicted molar refractivity (Wildman–Crippen MR) is 66.6 cm³/mol. The molecule has 102 valence electrons. The quantitative estimate of drug-likeness (QED) is 0.851. The minimum absolute atomic E-state index is 0.0730. The van der Waals surface area contributed by atoms with Crippen molar-refractivity contribution in [2.45, 2.75) is 51.2 Å². The first kappa shape index (κ1) is 13.6. The van der Waals surface area contributed by atoms with E-state index in [1.165, 1.54) is 0 Å². The molecule has 1 aromatic heterocycles. The van der Waals surface area contributed by atoms with Crippen LogP contribution in [-0.4, -0.2) is 19.6 Å². The van der Waals surface area contributed by atoms with Crippen molar-refractivity contribution in [2.75, 3.05) is 0 Å². The molecule has 2 N–H and O–H groups in total. The van der Waals surface area contributed by atoms with Gasteiger partial charge in [0.05, 0.1) is 6.61 Å². The Kier molecular flexibility index (Phi) is 3.53. The fourth-order valence-corrected chi connectivity index (χ4v) is 3.99. The highest BCUT2D eigenvalue weighted by molar-refractivity contribution is 7.89.